The maximum Gasteiger partial charge on any atom is 0.270 e. The Hall–Kier alpha value is -2.08. The highest BCUT2D eigenvalue weighted by molar-refractivity contribution is 9.10. The largest absolute Gasteiger partial charge is 0.496 e. The van der Waals surface area contributed by atoms with Crippen molar-refractivity contribution in [3.63, 3.8) is 0 Å². The first-order valence-corrected chi connectivity index (χ1v) is 7.16. The number of hydrogen-bond acceptors (Lipinski definition) is 4. The fourth-order valence-electron chi connectivity index (χ4n) is 1.85. The van der Waals surface area contributed by atoms with E-state index in [1.165, 1.54) is 6.20 Å². The number of carbonyl (C=O) groups is 1. The second-order valence-corrected chi connectivity index (χ2v) is 5.42. The van der Waals surface area contributed by atoms with E-state index in [9.17, 15) is 4.79 Å². The van der Waals surface area contributed by atoms with Gasteiger partial charge in [0, 0.05) is 0 Å². The number of halogens is 1. The fourth-order valence-corrected chi connectivity index (χ4v) is 2.40. The van der Waals surface area contributed by atoms with Gasteiger partial charge in [-0.1, -0.05) is 6.07 Å². The number of ether oxygens (including phenoxy) is 1. The predicted molar refractivity (Wildman–Crippen MR) is 85.2 cm³/mol. The Labute approximate surface area is 131 Å². The van der Waals surface area contributed by atoms with Gasteiger partial charge in [0.1, 0.15) is 11.4 Å². The first-order chi connectivity index (χ1) is 10.0. The molecule has 0 aliphatic heterocycles. The van der Waals surface area contributed by atoms with Gasteiger partial charge in [-0.05, 0) is 52.7 Å². The summed E-state index contributed by atoms with van der Waals surface area (Å²) >= 11 is 3.43. The minimum atomic E-state index is -0.241. The maximum absolute atomic E-state index is 12.1. The third kappa shape index (κ3) is 3.72. The van der Waals surface area contributed by atoms with Gasteiger partial charge in [0.15, 0.2) is 0 Å². The molecule has 0 spiro atoms. The summed E-state index contributed by atoms with van der Waals surface area (Å²) in [6.07, 6.45) is 1.46. The smallest absolute Gasteiger partial charge is 0.270 e. The molecule has 0 radical (unpaired) electrons. The average molecular weight is 350 g/mol. The van der Waals surface area contributed by atoms with Crippen molar-refractivity contribution in [2.75, 3.05) is 12.8 Å². The number of carbonyl (C=O) groups excluding carboxylic acids is 1. The first kappa shape index (κ1) is 15.3. The molecule has 1 aromatic carbocycles. The fraction of sp³-hybridized carbons (Fsp3) is 0.200. The Morgan fingerprint density at radius 3 is 2.71 bits per heavy atom. The minimum Gasteiger partial charge on any atom is -0.496 e. The van der Waals surface area contributed by atoms with Gasteiger partial charge >= 0.3 is 0 Å². The van der Waals surface area contributed by atoms with E-state index in [1.807, 2.05) is 25.1 Å². The van der Waals surface area contributed by atoms with Crippen LogP contribution in [0.25, 0.3) is 0 Å². The summed E-state index contributed by atoms with van der Waals surface area (Å²) < 4.78 is 6.03. The zero-order valence-electron chi connectivity index (χ0n) is 11.8. The molecule has 5 nitrogen and oxygen atoms in total. The zero-order chi connectivity index (χ0) is 15.4. The topological polar surface area (TPSA) is 77.2 Å². The molecule has 3 N–H and O–H groups in total. The lowest BCUT2D eigenvalue weighted by molar-refractivity contribution is 0.0935. The normalized spacial score (nSPS) is 11.8. The molecule has 0 aliphatic rings. The SMILES string of the molecule is COc1ccc(C(C)NC(=O)c2ccc(N)cn2)cc1Br. The van der Waals surface area contributed by atoms with Crippen molar-refractivity contribution >= 4 is 27.5 Å². The number of rotatable bonds is 4. The minimum absolute atomic E-state index is 0.154. The molecule has 0 fully saturated rings. The number of amides is 1. The molecule has 0 saturated heterocycles. The molecular formula is C15H16BrN3O2. The third-order valence-corrected chi connectivity index (χ3v) is 3.66. The van der Waals surface area contributed by atoms with Crippen LogP contribution in [0.3, 0.4) is 0 Å². The summed E-state index contributed by atoms with van der Waals surface area (Å²) in [7, 11) is 1.61. The van der Waals surface area contributed by atoms with Crippen LogP contribution in [-0.4, -0.2) is 18.0 Å². The molecule has 21 heavy (non-hydrogen) atoms. The van der Waals surface area contributed by atoms with E-state index < -0.39 is 0 Å². The lowest BCUT2D eigenvalue weighted by atomic mass is 10.1. The van der Waals surface area contributed by atoms with Crippen LogP contribution in [0.2, 0.25) is 0 Å². The van der Waals surface area contributed by atoms with Gasteiger partial charge < -0.3 is 15.8 Å². The Morgan fingerprint density at radius 1 is 1.38 bits per heavy atom. The maximum atomic E-state index is 12.1. The number of nitrogens with zero attached hydrogens (tertiary/aromatic N) is 1. The predicted octanol–water partition coefficient (Wildman–Crippen LogP) is 2.93. The number of hydrogen-bond donors (Lipinski definition) is 2. The van der Waals surface area contributed by atoms with Gasteiger partial charge in [0.2, 0.25) is 0 Å². The summed E-state index contributed by atoms with van der Waals surface area (Å²) in [5.74, 6) is 0.506. The van der Waals surface area contributed by atoms with E-state index in [2.05, 4.69) is 26.2 Å². The van der Waals surface area contributed by atoms with Gasteiger partial charge in [-0.15, -0.1) is 0 Å². The molecule has 1 amide bonds. The van der Waals surface area contributed by atoms with Crippen LogP contribution in [0.15, 0.2) is 41.0 Å². The molecule has 0 bridgehead atoms. The van der Waals surface area contributed by atoms with Crippen LogP contribution in [0.1, 0.15) is 29.0 Å². The Morgan fingerprint density at radius 2 is 2.14 bits per heavy atom. The molecule has 110 valence electrons. The summed E-state index contributed by atoms with van der Waals surface area (Å²) in [6, 6.07) is 8.77. The van der Waals surface area contributed by atoms with Crippen molar-refractivity contribution in [3.05, 3.63) is 52.3 Å². The molecule has 1 atom stereocenters. The Kier molecular flexibility index (Phi) is 4.80. The van der Waals surface area contributed by atoms with E-state index in [4.69, 9.17) is 10.5 Å². The molecule has 0 aliphatic carbocycles. The highest BCUT2D eigenvalue weighted by Crippen LogP contribution is 2.28. The lowest BCUT2D eigenvalue weighted by Gasteiger charge is -2.15. The summed E-state index contributed by atoms with van der Waals surface area (Å²) in [6.45, 7) is 1.91. The summed E-state index contributed by atoms with van der Waals surface area (Å²) in [4.78, 5) is 16.1. The quantitative estimate of drug-likeness (QED) is 0.889. The second kappa shape index (κ2) is 6.58. The van der Waals surface area contributed by atoms with Gasteiger partial charge in [-0.3, -0.25) is 4.79 Å². The molecular weight excluding hydrogens is 334 g/mol. The number of nitrogen functional groups attached to an aromatic ring is 1. The van der Waals surface area contributed by atoms with Crippen molar-refractivity contribution in [3.8, 4) is 5.75 Å². The van der Waals surface area contributed by atoms with Gasteiger partial charge in [0.25, 0.3) is 5.91 Å². The Balaban J connectivity index is 2.10. The number of aromatic nitrogens is 1. The zero-order valence-corrected chi connectivity index (χ0v) is 13.3. The summed E-state index contributed by atoms with van der Waals surface area (Å²) in [5.41, 5.74) is 7.38. The van der Waals surface area contributed by atoms with Crippen molar-refractivity contribution < 1.29 is 9.53 Å². The molecule has 2 rings (SSSR count). The molecule has 6 heteroatoms. The number of nitrogens with two attached hydrogens (primary N) is 1. The molecule has 0 saturated carbocycles. The van der Waals surface area contributed by atoms with E-state index >= 15 is 0 Å². The van der Waals surface area contributed by atoms with Gasteiger partial charge in [-0.2, -0.15) is 0 Å². The standard InChI is InChI=1S/C15H16BrN3O2/c1-9(10-3-6-14(21-2)12(16)7-10)19-15(20)13-5-4-11(17)8-18-13/h3-9H,17H2,1-2H3,(H,19,20). The molecule has 1 heterocycles. The molecule has 1 unspecified atom stereocenters. The van der Waals surface area contributed by atoms with Crippen LogP contribution in [0.4, 0.5) is 5.69 Å². The van der Waals surface area contributed by atoms with Crippen LogP contribution >= 0.6 is 15.9 Å². The van der Waals surface area contributed by atoms with Crippen molar-refractivity contribution in [1.82, 2.24) is 10.3 Å². The number of benzene rings is 1. The number of pyridine rings is 1. The third-order valence-electron chi connectivity index (χ3n) is 3.04. The second-order valence-electron chi connectivity index (χ2n) is 4.57. The number of methoxy groups -OCH3 is 1. The highest BCUT2D eigenvalue weighted by Gasteiger charge is 2.13. The first-order valence-electron chi connectivity index (χ1n) is 6.37. The van der Waals surface area contributed by atoms with Crippen molar-refractivity contribution in [1.29, 1.82) is 0 Å². The average Bonchev–Trinajstić information content (AvgIpc) is 2.47. The summed E-state index contributed by atoms with van der Waals surface area (Å²) in [5, 5.41) is 2.89. The van der Waals surface area contributed by atoms with E-state index in [0.29, 0.717) is 11.4 Å². The van der Waals surface area contributed by atoms with Crippen LogP contribution in [0, 0.1) is 0 Å². The number of anilines is 1. The van der Waals surface area contributed by atoms with Gasteiger partial charge in [-0.25, -0.2) is 4.98 Å². The lowest BCUT2D eigenvalue weighted by Crippen LogP contribution is -2.27. The van der Waals surface area contributed by atoms with Crippen LogP contribution in [0.5, 0.6) is 5.75 Å². The highest BCUT2D eigenvalue weighted by atomic mass is 79.9. The van der Waals surface area contributed by atoms with E-state index in [1.54, 1.807) is 19.2 Å². The monoisotopic (exact) mass is 349 g/mol. The van der Waals surface area contributed by atoms with Gasteiger partial charge in [0.05, 0.1) is 29.5 Å². The Bertz CT molecular complexity index is 644. The van der Waals surface area contributed by atoms with Crippen molar-refractivity contribution in [2.45, 2.75) is 13.0 Å². The van der Waals surface area contributed by atoms with E-state index in [0.717, 1.165) is 15.8 Å². The van der Waals surface area contributed by atoms with Crippen LogP contribution in [-0.2, 0) is 0 Å². The van der Waals surface area contributed by atoms with Crippen molar-refractivity contribution in [2.24, 2.45) is 0 Å². The molecule has 2 aromatic rings. The number of nitrogens with one attached hydrogen (secondary N) is 1. The van der Waals surface area contributed by atoms with E-state index in [-0.39, 0.29) is 11.9 Å². The molecule has 1 aromatic heterocycles. The van der Waals surface area contributed by atoms with Crippen LogP contribution < -0.4 is 15.8 Å².